The Bertz CT molecular complexity index is 1540. The highest BCUT2D eigenvalue weighted by Gasteiger charge is 2.28. The molecule has 224 valence electrons. The van der Waals surface area contributed by atoms with Crippen molar-refractivity contribution in [1.82, 2.24) is 0 Å². The van der Waals surface area contributed by atoms with Crippen molar-refractivity contribution in [2.45, 2.75) is 58.2 Å². The summed E-state index contributed by atoms with van der Waals surface area (Å²) in [6, 6.07) is 15.9. The Balaban J connectivity index is 1.32. The third-order valence-electron chi connectivity index (χ3n) is 7.48. The van der Waals surface area contributed by atoms with Crippen molar-refractivity contribution in [3.05, 3.63) is 70.8 Å². The number of carbonyl (C=O) groups excluding carboxylic acids is 1. The summed E-state index contributed by atoms with van der Waals surface area (Å²) in [5, 5.41) is 0. The zero-order chi connectivity index (χ0) is 29.9. The van der Waals surface area contributed by atoms with Gasteiger partial charge in [-0.3, -0.25) is 4.79 Å². The van der Waals surface area contributed by atoms with E-state index >= 15 is 0 Å². The summed E-state index contributed by atoms with van der Waals surface area (Å²) in [7, 11) is -1.62. The molecule has 42 heavy (non-hydrogen) atoms. The number of esters is 1. The normalized spacial score (nSPS) is 16.0. The van der Waals surface area contributed by atoms with E-state index in [1.807, 2.05) is 56.3 Å². The molecule has 1 heterocycles. The van der Waals surface area contributed by atoms with E-state index in [1.54, 1.807) is 0 Å². The molecule has 9 heteroatoms. The van der Waals surface area contributed by atoms with Crippen molar-refractivity contribution in [2.75, 3.05) is 32.3 Å². The van der Waals surface area contributed by atoms with Gasteiger partial charge in [-0.2, -0.15) is 0 Å². The number of hydrogen-bond donors (Lipinski definition) is 0. The van der Waals surface area contributed by atoms with Crippen LogP contribution in [0.1, 0.15) is 53.9 Å². The first kappa shape index (κ1) is 29.8. The predicted octanol–water partition coefficient (Wildman–Crippen LogP) is 5.94. The molecule has 0 radical (unpaired) electrons. The van der Waals surface area contributed by atoms with Gasteiger partial charge in [0.25, 0.3) is 0 Å². The molecule has 3 aromatic carbocycles. The van der Waals surface area contributed by atoms with E-state index in [0.717, 1.165) is 63.5 Å². The fourth-order valence-corrected chi connectivity index (χ4v) is 5.88. The van der Waals surface area contributed by atoms with Crippen LogP contribution >= 0.6 is 0 Å². The lowest BCUT2D eigenvalue weighted by molar-refractivity contribution is -0.141. The number of carbonyl (C=O) groups is 1. The summed E-state index contributed by atoms with van der Waals surface area (Å²) in [6.45, 7) is 5.25. The molecular formula is C33H38O8S. The van der Waals surface area contributed by atoms with Gasteiger partial charge in [0.05, 0.1) is 38.6 Å². The van der Waals surface area contributed by atoms with Crippen LogP contribution in [0, 0.1) is 13.8 Å². The van der Waals surface area contributed by atoms with Crippen LogP contribution in [-0.4, -0.2) is 52.8 Å². The lowest BCUT2D eigenvalue weighted by Crippen LogP contribution is -2.09. The molecule has 1 aliphatic heterocycles. The van der Waals surface area contributed by atoms with E-state index in [0.29, 0.717) is 32.0 Å². The Hall–Kier alpha value is -3.72. The maximum absolute atomic E-state index is 11.7. The number of aryl methyl sites for hydroxylation is 2. The van der Waals surface area contributed by atoms with Crippen LogP contribution in [0.3, 0.4) is 0 Å². The average Bonchev–Trinajstić information content (AvgIpc) is 3.68. The molecule has 0 saturated heterocycles. The van der Waals surface area contributed by atoms with Crippen LogP contribution < -0.4 is 18.9 Å². The van der Waals surface area contributed by atoms with Gasteiger partial charge in [-0.05, 0) is 85.7 Å². The average molecular weight is 595 g/mol. The molecule has 1 fully saturated rings. The Kier molecular flexibility index (Phi) is 8.96. The summed E-state index contributed by atoms with van der Waals surface area (Å²) in [5.41, 5.74) is 6.17. The van der Waals surface area contributed by atoms with Gasteiger partial charge in [-0.1, -0.05) is 12.1 Å². The predicted molar refractivity (Wildman–Crippen MR) is 160 cm³/mol. The van der Waals surface area contributed by atoms with Crippen LogP contribution in [-0.2, 0) is 26.0 Å². The number of hydrogen-bond acceptors (Lipinski definition) is 8. The molecule has 0 bridgehead atoms. The van der Waals surface area contributed by atoms with Gasteiger partial charge in [-0.15, -0.1) is 0 Å². The fourth-order valence-electron chi connectivity index (χ4n) is 5.24. The van der Waals surface area contributed by atoms with Crippen molar-refractivity contribution >= 4 is 15.8 Å². The summed E-state index contributed by atoms with van der Waals surface area (Å²) < 4.78 is 51.8. The van der Waals surface area contributed by atoms with Crippen molar-refractivity contribution in [1.29, 1.82) is 0 Å². The van der Waals surface area contributed by atoms with Gasteiger partial charge >= 0.3 is 5.97 Å². The smallest absolute Gasteiger partial charge is 0.306 e. The van der Waals surface area contributed by atoms with Crippen LogP contribution in [0.25, 0.3) is 11.1 Å². The maximum Gasteiger partial charge on any atom is 0.306 e. The van der Waals surface area contributed by atoms with Gasteiger partial charge in [-0.25, -0.2) is 8.42 Å². The number of rotatable bonds is 13. The largest absolute Gasteiger partial charge is 0.494 e. The van der Waals surface area contributed by atoms with Crippen LogP contribution in [0.2, 0.25) is 0 Å². The van der Waals surface area contributed by atoms with E-state index in [-0.39, 0.29) is 30.2 Å². The highest BCUT2D eigenvalue weighted by atomic mass is 32.2. The van der Waals surface area contributed by atoms with Gasteiger partial charge < -0.3 is 23.7 Å². The molecule has 5 rings (SSSR count). The lowest BCUT2D eigenvalue weighted by atomic mass is 9.93. The van der Waals surface area contributed by atoms with Crippen LogP contribution in [0.5, 0.6) is 23.0 Å². The second-order valence-corrected chi connectivity index (χ2v) is 13.4. The summed E-state index contributed by atoms with van der Waals surface area (Å²) >= 11 is 0. The van der Waals surface area contributed by atoms with E-state index in [9.17, 15) is 13.2 Å². The highest BCUT2D eigenvalue weighted by molar-refractivity contribution is 7.90. The monoisotopic (exact) mass is 594 g/mol. The molecule has 8 nitrogen and oxygen atoms in total. The zero-order valence-electron chi connectivity index (χ0n) is 24.6. The summed E-state index contributed by atoms with van der Waals surface area (Å²) in [4.78, 5) is 11.7. The molecule has 1 aliphatic carbocycles. The third kappa shape index (κ3) is 7.56. The molecule has 0 spiro atoms. The van der Waals surface area contributed by atoms with Crippen molar-refractivity contribution in [3.8, 4) is 34.1 Å². The van der Waals surface area contributed by atoms with E-state index < -0.39 is 9.84 Å². The highest BCUT2D eigenvalue weighted by Crippen LogP contribution is 2.41. The quantitative estimate of drug-likeness (QED) is 0.177. The number of ether oxygens (including phenoxy) is 5. The summed E-state index contributed by atoms with van der Waals surface area (Å²) in [5.74, 6) is 2.83. The molecule has 3 aromatic rings. The fraction of sp³-hybridized carbons (Fsp3) is 0.424. The van der Waals surface area contributed by atoms with E-state index in [4.69, 9.17) is 23.7 Å². The summed E-state index contributed by atoms with van der Waals surface area (Å²) in [6.07, 6.45) is 4.34. The Morgan fingerprint density at radius 2 is 1.74 bits per heavy atom. The first-order valence-electron chi connectivity index (χ1n) is 14.3. The first-order valence-corrected chi connectivity index (χ1v) is 16.3. The van der Waals surface area contributed by atoms with Gasteiger partial charge in [0.2, 0.25) is 0 Å². The minimum atomic E-state index is -3.01. The molecule has 1 saturated carbocycles. The molecular weight excluding hydrogens is 556 g/mol. The molecule has 2 aliphatic rings. The van der Waals surface area contributed by atoms with Crippen molar-refractivity contribution in [3.63, 3.8) is 0 Å². The molecule has 0 aromatic heterocycles. The topological polar surface area (TPSA) is 97.4 Å². The Morgan fingerprint density at radius 1 is 0.976 bits per heavy atom. The van der Waals surface area contributed by atoms with Gasteiger partial charge in [0, 0.05) is 29.4 Å². The molecule has 0 N–H and O–H groups in total. The van der Waals surface area contributed by atoms with Gasteiger partial charge in [0.15, 0.2) is 0 Å². The van der Waals surface area contributed by atoms with Crippen molar-refractivity contribution in [2.24, 2.45) is 0 Å². The minimum Gasteiger partial charge on any atom is -0.494 e. The number of methoxy groups -OCH3 is 1. The zero-order valence-corrected chi connectivity index (χ0v) is 25.4. The molecule has 0 unspecified atom stereocenters. The van der Waals surface area contributed by atoms with E-state index in [1.165, 1.54) is 13.4 Å². The van der Waals surface area contributed by atoms with Crippen molar-refractivity contribution < 1.29 is 36.9 Å². The van der Waals surface area contributed by atoms with Crippen LogP contribution in [0.4, 0.5) is 0 Å². The second kappa shape index (κ2) is 12.7. The Labute approximate surface area is 247 Å². The number of benzene rings is 3. The second-order valence-electron chi connectivity index (χ2n) is 11.2. The molecule has 0 amide bonds. The van der Waals surface area contributed by atoms with E-state index in [2.05, 4.69) is 6.07 Å². The number of fused-ring (bicyclic) bond motifs is 1. The minimum absolute atomic E-state index is 0.0150. The lowest BCUT2D eigenvalue weighted by Gasteiger charge is -2.18. The maximum atomic E-state index is 11.7. The third-order valence-corrected chi connectivity index (χ3v) is 8.51. The molecule has 1 atom stereocenters. The van der Waals surface area contributed by atoms with Crippen LogP contribution in [0.15, 0.2) is 48.5 Å². The van der Waals surface area contributed by atoms with Gasteiger partial charge in [0.1, 0.15) is 39.4 Å². The Morgan fingerprint density at radius 3 is 2.43 bits per heavy atom. The SMILES string of the molecule is COC(=O)C[C@@H]1COc2cc(OCc3ccc(OC4CC4)c(-c4c(C)cc(OCCCS(C)(=O)=O)cc4C)c3)ccc21. The standard InChI is InChI=1S/C33H38O8S/c1-21-14-27(38-12-5-13-42(4,35)36)15-22(2)33(21)29-16-23(6-11-30(29)41-25-7-8-25)19-39-26-9-10-28-24(17-32(34)37-3)20-40-31(28)18-26/h6,9-11,14-16,18,24-25H,5,7-8,12-13,17,19-20H2,1-4H3/t24-/m1/s1. The first-order chi connectivity index (χ1) is 20.1. The number of sulfone groups is 1.